The van der Waals surface area contributed by atoms with E-state index in [9.17, 15) is 0 Å². The second-order valence-electron chi connectivity index (χ2n) is 7.74. The minimum absolute atomic E-state index is 0.317. The summed E-state index contributed by atoms with van der Waals surface area (Å²) in [5.41, 5.74) is 3.18. The lowest BCUT2D eigenvalue weighted by Gasteiger charge is -2.34. The van der Waals surface area contributed by atoms with Crippen LogP contribution >= 0.6 is 11.6 Å². The van der Waals surface area contributed by atoms with E-state index in [1.165, 1.54) is 5.56 Å². The lowest BCUT2D eigenvalue weighted by atomic mass is 10.1. The third-order valence-electron chi connectivity index (χ3n) is 5.75. The first-order chi connectivity index (χ1) is 14.7. The van der Waals surface area contributed by atoms with Crippen LogP contribution in [0.4, 0.5) is 0 Å². The molecule has 3 aromatic rings. The van der Waals surface area contributed by atoms with Crippen molar-refractivity contribution in [2.75, 3.05) is 40.1 Å². The van der Waals surface area contributed by atoms with Crippen molar-refractivity contribution in [3.05, 3.63) is 58.7 Å². The number of hydrogen-bond donors (Lipinski definition) is 0. The number of benzene rings is 2. The lowest BCUT2D eigenvalue weighted by Crippen LogP contribution is -2.45. The van der Waals surface area contributed by atoms with E-state index in [4.69, 9.17) is 25.8 Å². The highest BCUT2D eigenvalue weighted by Gasteiger charge is 2.20. The van der Waals surface area contributed by atoms with Crippen molar-refractivity contribution >= 4 is 22.5 Å². The molecular weight excluding hydrogens is 402 g/mol. The van der Waals surface area contributed by atoms with Gasteiger partial charge in [-0.2, -0.15) is 0 Å². The monoisotopic (exact) mass is 425 g/mol. The predicted molar refractivity (Wildman–Crippen MR) is 116 cm³/mol. The second kappa shape index (κ2) is 8.30. The Morgan fingerprint density at radius 2 is 1.70 bits per heavy atom. The van der Waals surface area contributed by atoms with Crippen LogP contribution in [0.1, 0.15) is 11.1 Å². The molecule has 30 heavy (non-hydrogen) atoms. The number of pyridine rings is 1. The van der Waals surface area contributed by atoms with E-state index >= 15 is 0 Å². The number of piperazine rings is 1. The summed E-state index contributed by atoms with van der Waals surface area (Å²) in [6.45, 7) is 6.09. The highest BCUT2D eigenvalue weighted by atomic mass is 35.5. The van der Waals surface area contributed by atoms with Crippen LogP contribution in [0.5, 0.6) is 17.2 Å². The van der Waals surface area contributed by atoms with Crippen LogP contribution in [-0.2, 0) is 13.1 Å². The molecule has 0 saturated carbocycles. The standard InChI is InChI=1S/C23H24ClN3O3/c1-28-19-4-3-17-11-18(23(24)25-20(17)12-19)14-27-8-6-26(7-9-27)13-16-2-5-21-22(10-16)30-15-29-21/h2-5,10-12H,6-9,13-15H2,1H3. The molecule has 0 radical (unpaired) electrons. The maximum absolute atomic E-state index is 6.49. The molecule has 7 heteroatoms. The molecule has 5 rings (SSSR count). The van der Waals surface area contributed by atoms with E-state index in [1.807, 2.05) is 24.3 Å². The smallest absolute Gasteiger partial charge is 0.231 e. The molecule has 0 spiro atoms. The normalized spacial score (nSPS) is 16.9. The average Bonchev–Trinajstić information content (AvgIpc) is 3.23. The van der Waals surface area contributed by atoms with Crippen LogP contribution in [0, 0.1) is 0 Å². The van der Waals surface area contributed by atoms with Crippen LogP contribution in [0.25, 0.3) is 10.9 Å². The van der Waals surface area contributed by atoms with Crippen molar-refractivity contribution in [3.63, 3.8) is 0 Å². The summed E-state index contributed by atoms with van der Waals surface area (Å²) < 4.78 is 16.2. The molecule has 2 aromatic carbocycles. The molecule has 2 aliphatic rings. The van der Waals surface area contributed by atoms with Gasteiger partial charge in [0.25, 0.3) is 0 Å². The molecular formula is C23H24ClN3O3. The summed E-state index contributed by atoms with van der Waals surface area (Å²) in [5.74, 6) is 2.47. The average molecular weight is 426 g/mol. The summed E-state index contributed by atoms with van der Waals surface area (Å²) in [6, 6.07) is 14.3. The maximum atomic E-state index is 6.49. The highest BCUT2D eigenvalue weighted by molar-refractivity contribution is 6.30. The number of hydrogen-bond acceptors (Lipinski definition) is 6. The van der Waals surface area contributed by atoms with Crippen molar-refractivity contribution < 1.29 is 14.2 Å². The number of fused-ring (bicyclic) bond motifs is 2. The third-order valence-corrected chi connectivity index (χ3v) is 6.08. The predicted octanol–water partition coefficient (Wildman–Crippen LogP) is 3.94. The Morgan fingerprint density at radius 3 is 2.50 bits per heavy atom. The molecule has 0 amide bonds. The first-order valence-electron chi connectivity index (χ1n) is 10.1. The number of methoxy groups -OCH3 is 1. The Kier molecular flexibility index (Phi) is 5.37. The molecule has 0 atom stereocenters. The molecule has 0 aliphatic carbocycles. The number of ether oxygens (including phenoxy) is 3. The fraction of sp³-hybridized carbons (Fsp3) is 0.348. The zero-order valence-corrected chi connectivity index (χ0v) is 17.7. The Morgan fingerprint density at radius 1 is 0.933 bits per heavy atom. The van der Waals surface area contributed by atoms with Gasteiger partial charge in [0.1, 0.15) is 10.9 Å². The van der Waals surface area contributed by atoms with E-state index < -0.39 is 0 Å². The fourth-order valence-electron chi connectivity index (χ4n) is 4.05. The Bertz CT molecular complexity index is 1070. The van der Waals surface area contributed by atoms with E-state index in [-0.39, 0.29) is 0 Å². The van der Waals surface area contributed by atoms with Gasteiger partial charge in [-0.05, 0) is 35.9 Å². The summed E-state index contributed by atoms with van der Waals surface area (Å²) >= 11 is 6.49. The molecule has 3 heterocycles. The van der Waals surface area contributed by atoms with E-state index in [1.54, 1.807) is 7.11 Å². The van der Waals surface area contributed by atoms with Gasteiger partial charge in [-0.25, -0.2) is 4.98 Å². The minimum Gasteiger partial charge on any atom is -0.497 e. The summed E-state index contributed by atoms with van der Waals surface area (Å²) in [6.07, 6.45) is 0. The van der Waals surface area contributed by atoms with Crippen molar-refractivity contribution in [2.24, 2.45) is 0 Å². The minimum atomic E-state index is 0.317. The number of halogens is 1. The molecule has 1 fully saturated rings. The third kappa shape index (κ3) is 4.03. The summed E-state index contributed by atoms with van der Waals surface area (Å²) in [7, 11) is 1.66. The van der Waals surface area contributed by atoms with Gasteiger partial charge in [0.15, 0.2) is 11.5 Å². The van der Waals surface area contributed by atoms with Crippen molar-refractivity contribution in [1.82, 2.24) is 14.8 Å². The van der Waals surface area contributed by atoms with E-state index in [0.717, 1.165) is 73.0 Å². The summed E-state index contributed by atoms with van der Waals surface area (Å²) in [4.78, 5) is 9.49. The number of aromatic nitrogens is 1. The van der Waals surface area contributed by atoms with Gasteiger partial charge in [0, 0.05) is 56.3 Å². The SMILES string of the molecule is COc1ccc2cc(CN3CCN(Cc4ccc5c(c4)OCO5)CC3)c(Cl)nc2c1. The molecule has 1 saturated heterocycles. The van der Waals surface area contributed by atoms with Gasteiger partial charge in [0.05, 0.1) is 12.6 Å². The highest BCUT2D eigenvalue weighted by Crippen LogP contribution is 2.33. The van der Waals surface area contributed by atoms with E-state index in [0.29, 0.717) is 11.9 Å². The molecule has 0 bridgehead atoms. The van der Waals surface area contributed by atoms with Crippen LogP contribution in [0.3, 0.4) is 0 Å². The lowest BCUT2D eigenvalue weighted by molar-refractivity contribution is 0.122. The zero-order chi connectivity index (χ0) is 20.5. The van der Waals surface area contributed by atoms with Crippen LogP contribution < -0.4 is 14.2 Å². The molecule has 0 unspecified atom stereocenters. The first kappa shape index (κ1) is 19.4. The largest absolute Gasteiger partial charge is 0.497 e. The quantitative estimate of drug-likeness (QED) is 0.577. The molecule has 156 valence electrons. The van der Waals surface area contributed by atoms with E-state index in [2.05, 4.69) is 33.0 Å². The Hall–Kier alpha value is -2.54. The van der Waals surface area contributed by atoms with Crippen LogP contribution in [0.15, 0.2) is 42.5 Å². The Balaban J connectivity index is 1.20. The van der Waals surface area contributed by atoms with Crippen molar-refractivity contribution in [2.45, 2.75) is 13.1 Å². The van der Waals surface area contributed by atoms with Gasteiger partial charge < -0.3 is 14.2 Å². The van der Waals surface area contributed by atoms with Gasteiger partial charge in [-0.3, -0.25) is 9.80 Å². The van der Waals surface area contributed by atoms with Crippen molar-refractivity contribution in [3.8, 4) is 17.2 Å². The maximum Gasteiger partial charge on any atom is 0.231 e. The molecule has 6 nitrogen and oxygen atoms in total. The molecule has 0 N–H and O–H groups in total. The number of rotatable bonds is 5. The van der Waals surface area contributed by atoms with Crippen LogP contribution in [-0.4, -0.2) is 54.9 Å². The molecule has 2 aliphatic heterocycles. The molecule has 1 aromatic heterocycles. The van der Waals surface area contributed by atoms with Gasteiger partial charge in [0.2, 0.25) is 6.79 Å². The van der Waals surface area contributed by atoms with Crippen LogP contribution in [0.2, 0.25) is 5.15 Å². The Labute approximate surface area is 180 Å². The van der Waals surface area contributed by atoms with Gasteiger partial charge >= 0.3 is 0 Å². The first-order valence-corrected chi connectivity index (χ1v) is 10.5. The summed E-state index contributed by atoms with van der Waals surface area (Å²) in [5, 5.41) is 1.65. The van der Waals surface area contributed by atoms with Gasteiger partial charge in [-0.15, -0.1) is 0 Å². The van der Waals surface area contributed by atoms with Gasteiger partial charge in [-0.1, -0.05) is 17.7 Å². The number of nitrogens with zero attached hydrogens (tertiary/aromatic N) is 3. The van der Waals surface area contributed by atoms with Crippen molar-refractivity contribution in [1.29, 1.82) is 0 Å². The fourth-order valence-corrected chi connectivity index (χ4v) is 4.25. The topological polar surface area (TPSA) is 47.1 Å². The zero-order valence-electron chi connectivity index (χ0n) is 16.9. The second-order valence-corrected chi connectivity index (χ2v) is 8.09.